The molecule has 0 radical (unpaired) electrons. The van der Waals surface area contributed by atoms with Crippen molar-refractivity contribution in [1.82, 2.24) is 5.32 Å². The van der Waals surface area contributed by atoms with Gasteiger partial charge in [-0.3, -0.25) is 0 Å². The van der Waals surface area contributed by atoms with E-state index in [1.54, 1.807) is 0 Å². The highest BCUT2D eigenvalue weighted by molar-refractivity contribution is 5.30. The summed E-state index contributed by atoms with van der Waals surface area (Å²) in [6.07, 6.45) is 2.32. The van der Waals surface area contributed by atoms with Crippen LogP contribution in [0.25, 0.3) is 0 Å². The lowest BCUT2D eigenvalue weighted by Gasteiger charge is -2.10. The molecule has 1 aliphatic heterocycles. The first-order valence-corrected chi connectivity index (χ1v) is 5.83. The standard InChI is InChI=1S/C13H19NO/c1-2-9-15-13-5-3-11(4-6-13)12-7-8-14-10-12/h3-6,12,14H,2,7-10H2,1H3. The lowest BCUT2D eigenvalue weighted by Crippen LogP contribution is -2.07. The maximum absolute atomic E-state index is 5.56. The number of ether oxygens (including phenoxy) is 1. The first-order valence-electron chi connectivity index (χ1n) is 5.83. The highest BCUT2D eigenvalue weighted by atomic mass is 16.5. The Kier molecular flexibility index (Phi) is 3.62. The van der Waals surface area contributed by atoms with E-state index in [1.807, 2.05) is 0 Å². The highest BCUT2D eigenvalue weighted by Crippen LogP contribution is 2.24. The molecule has 0 saturated carbocycles. The van der Waals surface area contributed by atoms with Crippen molar-refractivity contribution in [2.45, 2.75) is 25.7 Å². The van der Waals surface area contributed by atoms with Crippen LogP contribution in [0.3, 0.4) is 0 Å². The molecule has 82 valence electrons. The summed E-state index contributed by atoms with van der Waals surface area (Å²) in [5.74, 6) is 1.69. The summed E-state index contributed by atoms with van der Waals surface area (Å²) in [5.41, 5.74) is 1.43. The van der Waals surface area contributed by atoms with E-state index in [-0.39, 0.29) is 0 Å². The summed E-state index contributed by atoms with van der Waals surface area (Å²) in [4.78, 5) is 0. The maximum Gasteiger partial charge on any atom is 0.119 e. The van der Waals surface area contributed by atoms with Gasteiger partial charge in [0.1, 0.15) is 5.75 Å². The summed E-state index contributed by atoms with van der Waals surface area (Å²) in [6, 6.07) is 8.57. The zero-order valence-electron chi connectivity index (χ0n) is 9.33. The fourth-order valence-electron chi connectivity index (χ4n) is 2.00. The molecule has 1 heterocycles. The summed E-state index contributed by atoms with van der Waals surface area (Å²) in [7, 11) is 0. The molecule has 0 amide bonds. The van der Waals surface area contributed by atoms with Crippen molar-refractivity contribution >= 4 is 0 Å². The van der Waals surface area contributed by atoms with E-state index in [9.17, 15) is 0 Å². The third-order valence-electron chi connectivity index (χ3n) is 2.88. The monoisotopic (exact) mass is 205 g/mol. The molecular formula is C13H19NO. The molecule has 15 heavy (non-hydrogen) atoms. The molecule has 0 spiro atoms. The molecular weight excluding hydrogens is 186 g/mol. The fraction of sp³-hybridized carbons (Fsp3) is 0.538. The predicted molar refractivity (Wildman–Crippen MR) is 62.5 cm³/mol. The maximum atomic E-state index is 5.56. The lowest BCUT2D eigenvalue weighted by molar-refractivity contribution is 0.317. The Balaban J connectivity index is 1.96. The minimum atomic E-state index is 0.699. The van der Waals surface area contributed by atoms with E-state index in [0.717, 1.165) is 31.9 Å². The van der Waals surface area contributed by atoms with Crippen molar-refractivity contribution in [1.29, 1.82) is 0 Å². The lowest BCUT2D eigenvalue weighted by atomic mass is 9.98. The minimum absolute atomic E-state index is 0.699. The van der Waals surface area contributed by atoms with Gasteiger partial charge < -0.3 is 10.1 Å². The van der Waals surface area contributed by atoms with Crippen molar-refractivity contribution in [3.05, 3.63) is 29.8 Å². The molecule has 2 heteroatoms. The second-order valence-corrected chi connectivity index (χ2v) is 4.11. The summed E-state index contributed by atoms with van der Waals surface area (Å²) in [6.45, 7) is 5.21. The van der Waals surface area contributed by atoms with Crippen LogP contribution in [0.2, 0.25) is 0 Å². The van der Waals surface area contributed by atoms with Gasteiger partial charge in [-0.25, -0.2) is 0 Å². The number of nitrogens with one attached hydrogen (secondary N) is 1. The van der Waals surface area contributed by atoms with Crippen LogP contribution in [-0.4, -0.2) is 19.7 Å². The summed E-state index contributed by atoms with van der Waals surface area (Å²) < 4.78 is 5.56. The smallest absolute Gasteiger partial charge is 0.119 e. The normalized spacial score (nSPS) is 20.5. The third-order valence-corrected chi connectivity index (χ3v) is 2.88. The molecule has 0 aliphatic carbocycles. The molecule has 0 aromatic heterocycles. The highest BCUT2D eigenvalue weighted by Gasteiger charge is 2.15. The van der Waals surface area contributed by atoms with Gasteiger partial charge >= 0.3 is 0 Å². The molecule has 2 nitrogen and oxygen atoms in total. The largest absolute Gasteiger partial charge is 0.494 e. The Bertz CT molecular complexity index is 288. The van der Waals surface area contributed by atoms with Crippen LogP contribution >= 0.6 is 0 Å². The molecule has 1 atom stereocenters. The number of hydrogen-bond acceptors (Lipinski definition) is 2. The van der Waals surface area contributed by atoms with Gasteiger partial charge in [-0.2, -0.15) is 0 Å². The average Bonchev–Trinajstić information content (AvgIpc) is 2.80. The van der Waals surface area contributed by atoms with E-state index in [0.29, 0.717) is 5.92 Å². The zero-order valence-corrected chi connectivity index (χ0v) is 9.33. The van der Waals surface area contributed by atoms with Crippen LogP contribution in [0.1, 0.15) is 31.2 Å². The molecule has 1 aromatic carbocycles. The molecule has 1 N–H and O–H groups in total. The van der Waals surface area contributed by atoms with E-state index in [1.165, 1.54) is 12.0 Å². The molecule has 1 fully saturated rings. The SMILES string of the molecule is CCCOc1ccc(C2CCNC2)cc1. The van der Waals surface area contributed by atoms with E-state index < -0.39 is 0 Å². The van der Waals surface area contributed by atoms with Gasteiger partial charge in [-0.15, -0.1) is 0 Å². The Morgan fingerprint density at radius 3 is 2.73 bits per heavy atom. The van der Waals surface area contributed by atoms with Crippen LogP contribution < -0.4 is 10.1 Å². The van der Waals surface area contributed by atoms with Crippen molar-refractivity contribution in [2.75, 3.05) is 19.7 Å². The molecule has 1 saturated heterocycles. The third kappa shape index (κ3) is 2.72. The van der Waals surface area contributed by atoms with Crippen molar-refractivity contribution < 1.29 is 4.74 Å². The Hall–Kier alpha value is -1.02. The van der Waals surface area contributed by atoms with Crippen LogP contribution in [-0.2, 0) is 0 Å². The minimum Gasteiger partial charge on any atom is -0.494 e. The molecule has 1 aliphatic rings. The van der Waals surface area contributed by atoms with E-state index in [4.69, 9.17) is 4.74 Å². The van der Waals surface area contributed by atoms with Gasteiger partial charge in [0.05, 0.1) is 6.61 Å². The average molecular weight is 205 g/mol. The number of benzene rings is 1. The summed E-state index contributed by atoms with van der Waals surface area (Å²) >= 11 is 0. The molecule has 1 unspecified atom stereocenters. The van der Waals surface area contributed by atoms with Crippen molar-refractivity contribution in [2.24, 2.45) is 0 Å². The Morgan fingerprint density at radius 1 is 1.33 bits per heavy atom. The van der Waals surface area contributed by atoms with Crippen LogP contribution in [0.4, 0.5) is 0 Å². The first kappa shape index (κ1) is 10.5. The molecule has 1 aromatic rings. The summed E-state index contributed by atoms with van der Waals surface area (Å²) in [5, 5.41) is 3.39. The zero-order chi connectivity index (χ0) is 10.5. The van der Waals surface area contributed by atoms with Crippen molar-refractivity contribution in [3.8, 4) is 5.75 Å². The van der Waals surface area contributed by atoms with E-state index in [2.05, 4.69) is 36.5 Å². The second kappa shape index (κ2) is 5.17. The van der Waals surface area contributed by atoms with Gasteiger partial charge in [-0.05, 0) is 43.0 Å². The number of hydrogen-bond donors (Lipinski definition) is 1. The van der Waals surface area contributed by atoms with Gasteiger partial charge in [0, 0.05) is 6.54 Å². The van der Waals surface area contributed by atoms with Crippen LogP contribution in [0.5, 0.6) is 5.75 Å². The quantitative estimate of drug-likeness (QED) is 0.815. The van der Waals surface area contributed by atoms with Gasteiger partial charge in [0.25, 0.3) is 0 Å². The van der Waals surface area contributed by atoms with Gasteiger partial charge in [0.15, 0.2) is 0 Å². The van der Waals surface area contributed by atoms with Gasteiger partial charge in [-0.1, -0.05) is 19.1 Å². The van der Waals surface area contributed by atoms with Crippen molar-refractivity contribution in [3.63, 3.8) is 0 Å². The Morgan fingerprint density at radius 2 is 2.13 bits per heavy atom. The second-order valence-electron chi connectivity index (χ2n) is 4.11. The van der Waals surface area contributed by atoms with Crippen LogP contribution in [0, 0.1) is 0 Å². The van der Waals surface area contributed by atoms with Crippen LogP contribution in [0.15, 0.2) is 24.3 Å². The predicted octanol–water partition coefficient (Wildman–Crippen LogP) is 2.55. The number of rotatable bonds is 4. The topological polar surface area (TPSA) is 21.3 Å². The molecule has 2 rings (SSSR count). The molecule has 0 bridgehead atoms. The first-order chi connectivity index (χ1) is 7.40. The Labute approximate surface area is 91.6 Å². The van der Waals surface area contributed by atoms with E-state index >= 15 is 0 Å². The fourth-order valence-corrected chi connectivity index (χ4v) is 2.00. The van der Waals surface area contributed by atoms with Gasteiger partial charge in [0.2, 0.25) is 0 Å².